The van der Waals surface area contributed by atoms with Crippen LogP contribution in [0.15, 0.2) is 54.6 Å². The van der Waals surface area contributed by atoms with Gasteiger partial charge in [0, 0.05) is 11.1 Å². The highest BCUT2D eigenvalue weighted by Gasteiger charge is 2.57. The number of hydrogen-bond donors (Lipinski definition) is 3. The predicted molar refractivity (Wildman–Crippen MR) is 131 cm³/mol. The lowest BCUT2D eigenvalue weighted by molar-refractivity contribution is -0.265. The first-order valence-corrected chi connectivity index (χ1v) is 11.7. The monoisotopic (exact) mass is 547 g/mol. The van der Waals surface area contributed by atoms with Gasteiger partial charge in [0.1, 0.15) is 35.0 Å². The normalized spacial score (nSPS) is 18.0. The van der Waals surface area contributed by atoms with Crippen molar-refractivity contribution in [2.75, 3.05) is 20.3 Å². The van der Waals surface area contributed by atoms with E-state index >= 15 is 0 Å². The number of aliphatic hydroxyl groups is 1. The van der Waals surface area contributed by atoms with Gasteiger partial charge in [-0.15, -0.1) is 0 Å². The average molecular weight is 548 g/mol. The minimum absolute atomic E-state index is 0.0141. The number of nitrogens with one attached hydrogen (secondary N) is 1. The van der Waals surface area contributed by atoms with Gasteiger partial charge >= 0.3 is 6.18 Å². The van der Waals surface area contributed by atoms with Crippen LogP contribution < -0.4 is 20.5 Å². The quantitative estimate of drug-likeness (QED) is 0.373. The molecule has 12 heteroatoms. The van der Waals surface area contributed by atoms with Crippen molar-refractivity contribution in [3.05, 3.63) is 77.2 Å². The first-order chi connectivity index (χ1) is 18.3. The summed E-state index contributed by atoms with van der Waals surface area (Å²) in [7, 11) is 1.46. The predicted octanol–water partition coefficient (Wildman–Crippen LogP) is 3.14. The third kappa shape index (κ3) is 5.24. The number of carbonyl (C=O) groups excluding carboxylic acids is 2. The van der Waals surface area contributed by atoms with Crippen LogP contribution in [0.4, 0.5) is 17.6 Å². The van der Waals surface area contributed by atoms with Crippen molar-refractivity contribution in [3.8, 4) is 22.8 Å². The molecule has 1 aromatic heterocycles. The summed E-state index contributed by atoms with van der Waals surface area (Å²) >= 11 is 0. The largest absolute Gasteiger partial charge is 0.497 e. The van der Waals surface area contributed by atoms with E-state index in [1.807, 2.05) is 0 Å². The van der Waals surface area contributed by atoms with Crippen molar-refractivity contribution < 1.29 is 41.7 Å². The Bertz CT molecular complexity index is 1400. The molecule has 1 aliphatic rings. The lowest BCUT2D eigenvalue weighted by Gasteiger charge is -2.31. The number of hydrogen-bond acceptors (Lipinski definition) is 6. The van der Waals surface area contributed by atoms with Gasteiger partial charge in [-0.1, -0.05) is 12.1 Å². The molecule has 2 heterocycles. The fraction of sp³-hybridized carbons (Fsp3) is 0.296. The Balaban J connectivity index is 1.74. The maximum atomic E-state index is 14.4. The smallest absolute Gasteiger partial charge is 0.424 e. The number of methoxy groups -OCH3 is 1. The van der Waals surface area contributed by atoms with Crippen molar-refractivity contribution in [1.82, 2.24) is 10.3 Å². The van der Waals surface area contributed by atoms with Crippen LogP contribution in [0, 0.1) is 5.82 Å². The molecule has 0 bridgehead atoms. The van der Waals surface area contributed by atoms with Gasteiger partial charge in [-0.2, -0.15) is 13.2 Å². The highest BCUT2D eigenvalue weighted by Crippen LogP contribution is 2.47. The molecule has 0 saturated heterocycles. The fourth-order valence-electron chi connectivity index (χ4n) is 4.16. The number of nitrogens with zero attached hydrogens (tertiary/aromatic N) is 1. The molecule has 0 spiro atoms. The Kier molecular flexibility index (Phi) is 7.26. The van der Waals surface area contributed by atoms with Gasteiger partial charge in [-0.05, 0) is 55.0 Å². The molecule has 39 heavy (non-hydrogen) atoms. The SMILES string of the molecule is COc1ccc(CC(=O)NC[C@](O)(c2cc3c(c(-c4ccc(F)cc4)n2)OC[C@]3(C)C(N)=O)C(F)(F)F)cc1. The molecule has 4 rings (SSSR count). The molecule has 4 N–H and O–H groups in total. The second-order valence-corrected chi connectivity index (χ2v) is 9.38. The molecule has 0 radical (unpaired) electrons. The molecule has 1 aliphatic heterocycles. The van der Waals surface area contributed by atoms with E-state index in [9.17, 15) is 32.3 Å². The molecule has 3 aromatic rings. The van der Waals surface area contributed by atoms with E-state index < -0.39 is 47.1 Å². The number of nitrogens with two attached hydrogens (primary N) is 1. The molecule has 2 aromatic carbocycles. The molecule has 8 nitrogen and oxygen atoms in total. The van der Waals surface area contributed by atoms with Crippen molar-refractivity contribution in [1.29, 1.82) is 0 Å². The van der Waals surface area contributed by atoms with Crippen LogP contribution in [0.2, 0.25) is 0 Å². The second kappa shape index (κ2) is 10.2. The van der Waals surface area contributed by atoms with Crippen molar-refractivity contribution in [2.45, 2.75) is 30.5 Å². The molecule has 206 valence electrons. The molecular weight excluding hydrogens is 522 g/mol. The Morgan fingerprint density at radius 1 is 1.15 bits per heavy atom. The van der Waals surface area contributed by atoms with Gasteiger partial charge < -0.3 is 25.6 Å². The maximum absolute atomic E-state index is 14.4. The first kappa shape index (κ1) is 27.8. The molecule has 2 amide bonds. The standard InChI is InChI=1S/C27H25F4N3O5/c1-25(24(32)36)14-39-23-19(25)12-20(34-22(23)16-5-7-17(28)8-6-16)26(37,27(29,30)31)13-33-21(35)11-15-3-9-18(38-2)10-4-15/h3-10,12,37H,11,13-14H2,1-2H3,(H2,32,36)(H,33,35)/t25-,26-/m0/s1. The van der Waals surface area contributed by atoms with Crippen LogP contribution in [0.25, 0.3) is 11.3 Å². The number of fused-ring (bicyclic) bond motifs is 1. The third-order valence-corrected chi connectivity index (χ3v) is 6.69. The van der Waals surface area contributed by atoms with Crippen molar-refractivity contribution in [2.24, 2.45) is 5.73 Å². The highest BCUT2D eigenvalue weighted by molar-refractivity contribution is 5.90. The van der Waals surface area contributed by atoms with E-state index in [0.29, 0.717) is 11.3 Å². The summed E-state index contributed by atoms with van der Waals surface area (Å²) in [5, 5.41) is 13.2. The third-order valence-electron chi connectivity index (χ3n) is 6.69. The summed E-state index contributed by atoms with van der Waals surface area (Å²) in [4.78, 5) is 28.9. The number of pyridine rings is 1. The number of benzene rings is 2. The van der Waals surface area contributed by atoms with Crippen LogP contribution in [0.3, 0.4) is 0 Å². The summed E-state index contributed by atoms with van der Waals surface area (Å²) in [6.45, 7) is -0.156. The van der Waals surface area contributed by atoms with E-state index in [1.54, 1.807) is 24.3 Å². The summed E-state index contributed by atoms with van der Waals surface area (Å²) < 4.78 is 67.5. The number of primary amides is 1. The van der Waals surface area contributed by atoms with E-state index in [0.717, 1.165) is 18.2 Å². The minimum atomic E-state index is -5.30. The summed E-state index contributed by atoms with van der Waals surface area (Å²) in [6.07, 6.45) is -5.56. The lowest BCUT2D eigenvalue weighted by atomic mass is 9.81. The number of halogens is 4. The number of alkyl halides is 3. The van der Waals surface area contributed by atoms with Gasteiger partial charge in [0.2, 0.25) is 17.4 Å². The van der Waals surface area contributed by atoms with E-state index in [2.05, 4.69) is 10.3 Å². The van der Waals surface area contributed by atoms with Crippen molar-refractivity contribution >= 4 is 11.8 Å². The van der Waals surface area contributed by atoms with Gasteiger partial charge in [-0.25, -0.2) is 9.37 Å². The highest BCUT2D eigenvalue weighted by atomic mass is 19.4. The molecule has 2 atom stereocenters. The fourth-order valence-corrected chi connectivity index (χ4v) is 4.16. The molecule has 0 saturated carbocycles. The zero-order valence-electron chi connectivity index (χ0n) is 20.9. The minimum Gasteiger partial charge on any atom is -0.497 e. The second-order valence-electron chi connectivity index (χ2n) is 9.38. The summed E-state index contributed by atoms with van der Waals surface area (Å²) in [6, 6.07) is 12.0. The number of rotatable bonds is 8. The number of amides is 2. The number of ether oxygens (including phenoxy) is 2. The Morgan fingerprint density at radius 3 is 2.36 bits per heavy atom. The number of carbonyl (C=O) groups is 2. The molecule has 0 aliphatic carbocycles. The Labute approximate surface area is 220 Å². The topological polar surface area (TPSA) is 124 Å². The Morgan fingerprint density at radius 2 is 1.79 bits per heavy atom. The van der Waals surface area contributed by atoms with Gasteiger partial charge in [0.05, 0.1) is 25.8 Å². The van der Waals surface area contributed by atoms with E-state index in [1.165, 1.54) is 26.2 Å². The van der Waals surface area contributed by atoms with Crippen molar-refractivity contribution in [3.63, 3.8) is 0 Å². The van der Waals surface area contributed by atoms with Crippen LogP contribution in [-0.4, -0.2) is 48.3 Å². The molecule has 0 fully saturated rings. The summed E-state index contributed by atoms with van der Waals surface area (Å²) in [5.41, 5.74) is -0.0267. The number of aromatic nitrogens is 1. The van der Waals surface area contributed by atoms with Gasteiger partial charge in [0.15, 0.2) is 0 Å². The van der Waals surface area contributed by atoms with Gasteiger partial charge in [-0.3, -0.25) is 9.59 Å². The van der Waals surface area contributed by atoms with Crippen LogP contribution in [-0.2, 0) is 27.0 Å². The first-order valence-electron chi connectivity index (χ1n) is 11.7. The Hall–Kier alpha value is -4.19. The maximum Gasteiger partial charge on any atom is 0.424 e. The van der Waals surface area contributed by atoms with E-state index in [-0.39, 0.29) is 35.6 Å². The molecular formula is C27H25F4N3O5. The zero-order chi connectivity index (χ0) is 28.6. The van der Waals surface area contributed by atoms with E-state index in [4.69, 9.17) is 15.2 Å². The van der Waals surface area contributed by atoms with Gasteiger partial charge in [0.25, 0.3) is 0 Å². The average Bonchev–Trinajstić information content (AvgIpc) is 3.25. The van der Waals surface area contributed by atoms with Crippen LogP contribution in [0.5, 0.6) is 11.5 Å². The molecule has 0 unspecified atom stereocenters. The zero-order valence-corrected chi connectivity index (χ0v) is 20.9. The summed E-state index contributed by atoms with van der Waals surface area (Å²) in [5.74, 6) is -1.72. The van der Waals surface area contributed by atoms with Crippen LogP contribution in [0.1, 0.15) is 23.7 Å². The van der Waals surface area contributed by atoms with Crippen LogP contribution >= 0.6 is 0 Å². The lowest BCUT2D eigenvalue weighted by Crippen LogP contribution is -2.52.